The van der Waals surface area contributed by atoms with Crippen LogP contribution in [-0.4, -0.2) is 24.6 Å². The monoisotopic (exact) mass is 141 g/mol. The lowest BCUT2D eigenvalue weighted by Gasteiger charge is -2.07. The first-order valence-electron chi connectivity index (χ1n) is 3.19. The molecule has 0 aliphatic carbocycles. The maximum Gasteiger partial charge on any atom is 0.176 e. The number of rotatable bonds is 4. The molecular weight excluding hydrogens is 128 g/mol. The van der Waals surface area contributed by atoms with Gasteiger partial charge in [0.05, 0.1) is 5.71 Å². The zero-order chi connectivity index (χ0) is 8.15. The average Bonchev–Trinajstić information content (AvgIpc) is 1.87. The molecule has 0 saturated carbocycles. The highest BCUT2D eigenvalue weighted by Crippen LogP contribution is 1.91. The molecule has 3 nitrogen and oxygen atoms in total. The highest BCUT2D eigenvalue weighted by atomic mass is 16.1. The minimum atomic E-state index is -0.387. The number of ketones is 1. The van der Waals surface area contributed by atoms with Gasteiger partial charge in [-0.2, -0.15) is 0 Å². The van der Waals surface area contributed by atoms with E-state index in [9.17, 15) is 4.79 Å². The van der Waals surface area contributed by atoms with E-state index in [-0.39, 0.29) is 17.5 Å². The van der Waals surface area contributed by atoms with Crippen molar-refractivity contribution < 1.29 is 4.79 Å². The Morgan fingerprint density at radius 1 is 1.80 bits per heavy atom. The molecule has 0 bridgehead atoms. The number of hydrogen-bond donors (Lipinski definition) is 2. The van der Waals surface area contributed by atoms with Crippen LogP contribution in [0.15, 0.2) is 0 Å². The Labute approximate surface area is 61.3 Å². The zero-order valence-corrected chi connectivity index (χ0v) is 6.40. The van der Waals surface area contributed by atoms with E-state index >= 15 is 0 Å². The van der Waals surface area contributed by atoms with Crippen molar-refractivity contribution in [2.24, 2.45) is 0 Å². The molecule has 0 saturated heterocycles. The zero-order valence-electron chi connectivity index (χ0n) is 6.40. The van der Waals surface area contributed by atoms with Crippen LogP contribution in [0.5, 0.6) is 0 Å². The number of carbonyl (C=O) groups is 1. The molecule has 0 spiro atoms. The van der Waals surface area contributed by atoms with E-state index < -0.39 is 0 Å². The van der Waals surface area contributed by atoms with Crippen molar-refractivity contribution in [2.75, 3.05) is 7.05 Å². The second kappa shape index (κ2) is 4.17. The van der Waals surface area contributed by atoms with Crippen molar-refractivity contribution in [2.45, 2.75) is 19.4 Å². The number of carbonyl (C=O) groups excluding carboxylic acids is 1. The molecule has 0 aromatic heterocycles. The molecule has 3 heteroatoms. The van der Waals surface area contributed by atoms with Crippen LogP contribution in [-0.2, 0) is 4.79 Å². The van der Waals surface area contributed by atoms with Crippen molar-refractivity contribution in [3.63, 3.8) is 0 Å². The fourth-order valence-corrected chi connectivity index (χ4v) is 0.522. The summed E-state index contributed by atoms with van der Waals surface area (Å²) >= 11 is 0. The molecule has 2 N–H and O–H groups in total. The summed E-state index contributed by atoms with van der Waals surface area (Å²) in [4.78, 5) is 10.4. The molecule has 10 heavy (non-hydrogen) atoms. The Hall–Kier alpha value is -0.700. The normalized spacial score (nSPS) is 12.7. The molecule has 57 valence electrons. The van der Waals surface area contributed by atoms with E-state index in [1.807, 2.05) is 6.92 Å². The first-order chi connectivity index (χ1) is 4.57. The smallest absolute Gasteiger partial charge is 0.176 e. The molecule has 0 rings (SSSR count). The summed E-state index contributed by atoms with van der Waals surface area (Å²) in [5, 5.41) is 10.1. The van der Waals surface area contributed by atoms with Crippen LogP contribution in [0.4, 0.5) is 0 Å². The molecule has 0 aromatic carbocycles. The summed E-state index contributed by atoms with van der Waals surface area (Å²) in [6.45, 7) is 5.05. The molecular formula is C7H13N2O. The van der Waals surface area contributed by atoms with Crippen LogP contribution >= 0.6 is 0 Å². The molecule has 0 aliphatic heterocycles. The molecule has 0 aromatic rings. The fourth-order valence-electron chi connectivity index (χ4n) is 0.522. The standard InChI is InChI=1S/C7H13N2O/c1-5(9-3)4-7(8)6(2)10/h5,8-9H,2,4H2,1,3H3. The maximum absolute atomic E-state index is 10.4. The van der Waals surface area contributed by atoms with Gasteiger partial charge in [0.15, 0.2) is 5.78 Å². The van der Waals surface area contributed by atoms with Gasteiger partial charge in [-0.05, 0) is 14.0 Å². The van der Waals surface area contributed by atoms with Gasteiger partial charge in [0.2, 0.25) is 0 Å². The lowest BCUT2D eigenvalue weighted by Crippen LogP contribution is -2.26. The van der Waals surface area contributed by atoms with Crippen molar-refractivity contribution in [3.05, 3.63) is 6.92 Å². The van der Waals surface area contributed by atoms with E-state index in [2.05, 4.69) is 12.2 Å². The summed E-state index contributed by atoms with van der Waals surface area (Å²) in [5.74, 6) is -0.387. The third-order valence-corrected chi connectivity index (χ3v) is 1.34. The van der Waals surface area contributed by atoms with E-state index in [1.165, 1.54) is 0 Å². The number of hydrogen-bond acceptors (Lipinski definition) is 3. The van der Waals surface area contributed by atoms with E-state index in [0.29, 0.717) is 6.42 Å². The summed E-state index contributed by atoms with van der Waals surface area (Å²) < 4.78 is 0. The lowest BCUT2D eigenvalue weighted by atomic mass is 10.1. The SMILES string of the molecule is [CH2]C(=O)C(=N)CC(C)NC. The average molecular weight is 141 g/mol. The second-order valence-corrected chi connectivity index (χ2v) is 2.30. The van der Waals surface area contributed by atoms with Gasteiger partial charge in [0.25, 0.3) is 0 Å². The molecule has 1 unspecified atom stereocenters. The molecule has 0 amide bonds. The van der Waals surface area contributed by atoms with Gasteiger partial charge in [-0.3, -0.25) is 4.79 Å². The van der Waals surface area contributed by atoms with Crippen LogP contribution in [0.1, 0.15) is 13.3 Å². The van der Waals surface area contributed by atoms with Gasteiger partial charge in [-0.1, -0.05) is 0 Å². The Kier molecular flexibility index (Phi) is 3.88. The van der Waals surface area contributed by atoms with Crippen LogP contribution in [0, 0.1) is 12.3 Å². The molecule has 0 heterocycles. The van der Waals surface area contributed by atoms with Crippen molar-refractivity contribution in [3.8, 4) is 0 Å². The van der Waals surface area contributed by atoms with Gasteiger partial charge in [0.1, 0.15) is 0 Å². The third kappa shape index (κ3) is 3.35. The Morgan fingerprint density at radius 3 is 2.60 bits per heavy atom. The van der Waals surface area contributed by atoms with E-state index in [1.54, 1.807) is 7.05 Å². The maximum atomic E-state index is 10.4. The highest BCUT2D eigenvalue weighted by Gasteiger charge is 2.06. The first kappa shape index (κ1) is 9.30. The predicted molar refractivity (Wildman–Crippen MR) is 41.2 cm³/mol. The minimum Gasteiger partial charge on any atom is -0.317 e. The van der Waals surface area contributed by atoms with Crippen LogP contribution in [0.3, 0.4) is 0 Å². The first-order valence-corrected chi connectivity index (χ1v) is 3.19. The van der Waals surface area contributed by atoms with Crippen LogP contribution in [0.2, 0.25) is 0 Å². The topological polar surface area (TPSA) is 53.0 Å². The summed E-state index contributed by atoms with van der Waals surface area (Å²) in [6.07, 6.45) is 0.457. The highest BCUT2D eigenvalue weighted by molar-refractivity contribution is 6.40. The summed E-state index contributed by atoms with van der Waals surface area (Å²) in [6, 6.07) is 0.179. The van der Waals surface area contributed by atoms with E-state index in [4.69, 9.17) is 5.41 Å². The molecule has 1 atom stereocenters. The lowest BCUT2D eigenvalue weighted by molar-refractivity contribution is -0.109. The van der Waals surface area contributed by atoms with Crippen molar-refractivity contribution >= 4 is 11.5 Å². The van der Waals surface area contributed by atoms with Crippen molar-refractivity contribution in [1.82, 2.24) is 5.32 Å². The van der Waals surface area contributed by atoms with E-state index in [0.717, 1.165) is 0 Å². The molecule has 0 aliphatic rings. The molecule has 1 radical (unpaired) electrons. The van der Waals surface area contributed by atoms with Crippen LogP contribution in [0.25, 0.3) is 0 Å². The van der Waals surface area contributed by atoms with Gasteiger partial charge in [0, 0.05) is 19.4 Å². The van der Waals surface area contributed by atoms with Gasteiger partial charge < -0.3 is 10.7 Å². The van der Waals surface area contributed by atoms with Crippen LogP contribution < -0.4 is 5.32 Å². The van der Waals surface area contributed by atoms with Gasteiger partial charge in [-0.25, -0.2) is 0 Å². The van der Waals surface area contributed by atoms with Gasteiger partial charge in [-0.15, -0.1) is 0 Å². The Bertz CT molecular complexity index is 143. The van der Waals surface area contributed by atoms with Gasteiger partial charge >= 0.3 is 0 Å². The summed E-state index contributed by atoms with van der Waals surface area (Å²) in [7, 11) is 1.80. The summed E-state index contributed by atoms with van der Waals surface area (Å²) in [5.41, 5.74) is 0.0850. The molecule has 0 fully saturated rings. The largest absolute Gasteiger partial charge is 0.317 e. The number of nitrogens with one attached hydrogen (secondary N) is 2. The quantitative estimate of drug-likeness (QED) is 0.557. The number of Topliss-reactive ketones (excluding diaryl/α,β-unsaturated/α-hetero) is 1. The Balaban J connectivity index is 3.68. The van der Waals surface area contributed by atoms with Crippen molar-refractivity contribution in [1.29, 1.82) is 5.41 Å². The minimum absolute atomic E-state index is 0.0850. The third-order valence-electron chi connectivity index (χ3n) is 1.34. The Morgan fingerprint density at radius 2 is 2.30 bits per heavy atom. The fraction of sp³-hybridized carbons (Fsp3) is 0.571. The predicted octanol–water partition coefficient (Wildman–Crippen LogP) is 0.407. The second-order valence-electron chi connectivity index (χ2n) is 2.30.